The van der Waals surface area contributed by atoms with Gasteiger partial charge in [-0.25, -0.2) is 0 Å². The number of hydrogen-bond acceptors (Lipinski definition) is 4. The fraction of sp³-hybridized carbons (Fsp3) is 0.423. The molecule has 2 aliphatic heterocycles. The average Bonchev–Trinajstić information content (AvgIpc) is 3.21. The number of nitrogens with zero attached hydrogens (tertiary/aromatic N) is 2. The molecule has 2 fully saturated rings. The number of piperidine rings is 1. The van der Waals surface area contributed by atoms with Gasteiger partial charge in [0.2, 0.25) is 5.91 Å². The molecule has 0 radical (unpaired) electrons. The minimum Gasteiger partial charge on any atom is -0.352 e. The molecule has 3 heterocycles. The van der Waals surface area contributed by atoms with Crippen molar-refractivity contribution in [3.63, 3.8) is 0 Å². The number of benzene rings is 2. The highest BCUT2D eigenvalue weighted by molar-refractivity contribution is 7.17. The van der Waals surface area contributed by atoms with E-state index >= 15 is 0 Å². The molecule has 0 saturated carbocycles. The molecule has 162 valence electrons. The molecule has 0 spiro atoms. The van der Waals surface area contributed by atoms with Gasteiger partial charge in [-0.1, -0.05) is 48.5 Å². The number of likely N-dealkylation sites (tertiary alicyclic amines) is 2. The van der Waals surface area contributed by atoms with Gasteiger partial charge in [0.1, 0.15) is 0 Å². The van der Waals surface area contributed by atoms with Crippen molar-refractivity contribution >= 4 is 27.3 Å². The first kappa shape index (κ1) is 20.7. The van der Waals surface area contributed by atoms with Crippen molar-refractivity contribution in [3.8, 4) is 0 Å². The molecule has 2 aromatic carbocycles. The first-order valence-corrected chi connectivity index (χ1v) is 12.3. The van der Waals surface area contributed by atoms with Crippen LogP contribution in [0.15, 0.2) is 60.0 Å². The maximum atomic E-state index is 13.2. The lowest BCUT2D eigenvalue weighted by Gasteiger charge is -2.50. The third-order valence-electron chi connectivity index (χ3n) is 7.15. The Labute approximate surface area is 188 Å². The third-order valence-corrected chi connectivity index (χ3v) is 8.16. The lowest BCUT2D eigenvalue weighted by atomic mass is 9.84. The lowest BCUT2D eigenvalue weighted by Crippen LogP contribution is -2.66. The molecular formula is C26H31N3OS. The normalized spacial score (nSPS) is 23.0. The smallest absolute Gasteiger partial charge is 0.240 e. The first-order chi connectivity index (χ1) is 15.1. The van der Waals surface area contributed by atoms with E-state index in [1.165, 1.54) is 21.2 Å². The summed E-state index contributed by atoms with van der Waals surface area (Å²) in [7, 11) is 0. The summed E-state index contributed by atoms with van der Waals surface area (Å²) in [5.74, 6) is 0.208. The fourth-order valence-electron chi connectivity index (χ4n) is 4.89. The Bertz CT molecular complexity index is 1040. The van der Waals surface area contributed by atoms with Gasteiger partial charge in [-0.3, -0.25) is 14.6 Å². The van der Waals surface area contributed by atoms with Gasteiger partial charge in [-0.2, -0.15) is 0 Å². The Morgan fingerprint density at radius 3 is 2.52 bits per heavy atom. The molecule has 5 rings (SSSR count). The van der Waals surface area contributed by atoms with E-state index in [0.29, 0.717) is 6.04 Å². The molecule has 4 nitrogen and oxygen atoms in total. The summed E-state index contributed by atoms with van der Waals surface area (Å²) in [6, 6.07) is 19.5. The van der Waals surface area contributed by atoms with E-state index in [0.717, 1.165) is 52.0 Å². The van der Waals surface area contributed by atoms with Crippen LogP contribution in [0.25, 0.3) is 10.1 Å². The number of fused-ring (bicyclic) bond motifs is 1. The lowest BCUT2D eigenvalue weighted by molar-refractivity contribution is -0.143. The van der Waals surface area contributed by atoms with E-state index in [2.05, 4.69) is 82.0 Å². The first-order valence-electron chi connectivity index (χ1n) is 11.4. The molecule has 0 aliphatic carbocycles. The molecular weight excluding hydrogens is 402 g/mol. The van der Waals surface area contributed by atoms with Crippen molar-refractivity contribution in [2.75, 3.05) is 19.6 Å². The van der Waals surface area contributed by atoms with Crippen LogP contribution in [0.1, 0.15) is 37.3 Å². The highest BCUT2D eigenvalue weighted by Gasteiger charge is 2.47. The average molecular weight is 434 g/mol. The molecule has 3 aromatic rings. The van der Waals surface area contributed by atoms with Crippen molar-refractivity contribution in [1.29, 1.82) is 0 Å². The van der Waals surface area contributed by atoms with Crippen molar-refractivity contribution in [2.24, 2.45) is 0 Å². The van der Waals surface area contributed by atoms with E-state index in [4.69, 9.17) is 0 Å². The van der Waals surface area contributed by atoms with Gasteiger partial charge >= 0.3 is 0 Å². The highest BCUT2D eigenvalue weighted by atomic mass is 32.1. The largest absolute Gasteiger partial charge is 0.352 e. The van der Waals surface area contributed by atoms with Crippen molar-refractivity contribution in [2.45, 2.75) is 50.9 Å². The fourth-order valence-corrected chi connectivity index (χ4v) is 5.85. The third kappa shape index (κ3) is 4.27. The number of thiophene rings is 1. The second-order valence-electron chi connectivity index (χ2n) is 9.21. The molecule has 1 amide bonds. The van der Waals surface area contributed by atoms with Crippen molar-refractivity contribution in [1.82, 2.24) is 15.1 Å². The van der Waals surface area contributed by atoms with Crippen LogP contribution in [0.5, 0.6) is 0 Å². The Hall–Kier alpha value is -2.21. The summed E-state index contributed by atoms with van der Waals surface area (Å²) in [6.07, 6.45) is 3.00. The molecule has 2 saturated heterocycles. The number of carbonyl (C=O) groups excluding carboxylic acids is 1. The van der Waals surface area contributed by atoms with Gasteiger partial charge in [0, 0.05) is 43.5 Å². The molecule has 0 bridgehead atoms. The predicted octanol–water partition coefficient (Wildman–Crippen LogP) is 4.65. The Morgan fingerprint density at radius 1 is 1.03 bits per heavy atom. The topological polar surface area (TPSA) is 35.6 Å². The molecule has 1 N–H and O–H groups in total. The Kier molecular flexibility index (Phi) is 5.83. The summed E-state index contributed by atoms with van der Waals surface area (Å²) in [5, 5.41) is 6.97. The predicted molar refractivity (Wildman–Crippen MR) is 128 cm³/mol. The molecule has 1 unspecified atom stereocenters. The van der Waals surface area contributed by atoms with E-state index in [-0.39, 0.29) is 11.4 Å². The van der Waals surface area contributed by atoms with Gasteiger partial charge < -0.3 is 5.32 Å². The summed E-state index contributed by atoms with van der Waals surface area (Å²) in [4.78, 5) is 18.1. The minimum atomic E-state index is -0.385. The highest BCUT2D eigenvalue weighted by Crippen LogP contribution is 2.35. The molecule has 1 aromatic heterocycles. The quantitative estimate of drug-likeness (QED) is 0.615. The monoisotopic (exact) mass is 433 g/mol. The van der Waals surface area contributed by atoms with Gasteiger partial charge in [0.15, 0.2) is 0 Å². The van der Waals surface area contributed by atoms with Crippen LogP contribution in [0.3, 0.4) is 0 Å². The Balaban J connectivity index is 1.15. The standard InChI is InChI=1S/C26H31N3OS/c1-26(13-16-29(26)18-21-19-31-24-10-6-5-9-23(21)24)25(30)27-22-11-14-28(15-12-22)17-20-7-3-2-4-8-20/h2-10,19,22H,11-18H2,1H3,(H,27,30). The molecule has 1 atom stereocenters. The van der Waals surface area contributed by atoms with Crippen LogP contribution in [-0.2, 0) is 17.9 Å². The van der Waals surface area contributed by atoms with Gasteiger partial charge in [-0.15, -0.1) is 11.3 Å². The summed E-state index contributed by atoms with van der Waals surface area (Å²) < 4.78 is 1.33. The number of hydrogen-bond donors (Lipinski definition) is 1. The summed E-state index contributed by atoms with van der Waals surface area (Å²) >= 11 is 1.80. The zero-order valence-corrected chi connectivity index (χ0v) is 19.0. The van der Waals surface area contributed by atoms with Crippen LogP contribution in [0.2, 0.25) is 0 Å². The minimum absolute atomic E-state index is 0.208. The number of rotatable bonds is 6. The maximum Gasteiger partial charge on any atom is 0.240 e. The zero-order chi connectivity index (χ0) is 21.3. The van der Waals surface area contributed by atoms with E-state index in [1.54, 1.807) is 11.3 Å². The zero-order valence-electron chi connectivity index (χ0n) is 18.2. The van der Waals surface area contributed by atoms with Crippen molar-refractivity contribution < 1.29 is 4.79 Å². The second kappa shape index (κ2) is 8.73. The van der Waals surface area contributed by atoms with Crippen LogP contribution >= 0.6 is 11.3 Å². The van der Waals surface area contributed by atoms with E-state index in [1.807, 2.05) is 0 Å². The van der Waals surface area contributed by atoms with Gasteiger partial charge in [0.25, 0.3) is 0 Å². The van der Waals surface area contributed by atoms with Crippen LogP contribution in [-0.4, -0.2) is 46.9 Å². The molecule has 31 heavy (non-hydrogen) atoms. The number of amides is 1. The van der Waals surface area contributed by atoms with E-state index < -0.39 is 0 Å². The summed E-state index contributed by atoms with van der Waals surface area (Å²) in [5.41, 5.74) is 2.32. The SMILES string of the molecule is CC1(C(=O)NC2CCN(Cc3ccccc3)CC2)CCN1Cc1csc2ccccc12. The molecule has 2 aliphatic rings. The van der Waals surface area contributed by atoms with E-state index in [9.17, 15) is 4.79 Å². The van der Waals surface area contributed by atoms with Crippen LogP contribution in [0.4, 0.5) is 0 Å². The summed E-state index contributed by atoms with van der Waals surface area (Å²) in [6.45, 7) is 7.04. The second-order valence-corrected chi connectivity index (χ2v) is 10.1. The van der Waals surface area contributed by atoms with Crippen LogP contribution < -0.4 is 5.32 Å². The van der Waals surface area contributed by atoms with Crippen LogP contribution in [0, 0.1) is 0 Å². The van der Waals surface area contributed by atoms with Gasteiger partial charge in [0.05, 0.1) is 5.54 Å². The Morgan fingerprint density at radius 2 is 1.77 bits per heavy atom. The molecule has 5 heteroatoms. The van der Waals surface area contributed by atoms with Gasteiger partial charge in [-0.05, 0) is 54.1 Å². The number of carbonyl (C=O) groups is 1. The maximum absolute atomic E-state index is 13.2. The van der Waals surface area contributed by atoms with Crippen molar-refractivity contribution in [3.05, 3.63) is 71.1 Å². The number of nitrogens with one attached hydrogen (secondary N) is 1.